The molecule has 2 rings (SSSR count). The molecule has 0 heterocycles. The maximum absolute atomic E-state index is 3.74. The summed E-state index contributed by atoms with van der Waals surface area (Å²) in [6, 6.07) is 10.3. The van der Waals surface area contributed by atoms with Crippen molar-refractivity contribution in [2.45, 2.75) is 57.5 Å². The molecule has 1 aromatic rings. The number of rotatable bonds is 6. The average molecular weight is 260 g/mol. The third-order valence-electron chi connectivity index (χ3n) is 4.31. The summed E-state index contributed by atoms with van der Waals surface area (Å²) < 4.78 is 0. The highest BCUT2D eigenvalue weighted by atomic mass is 15.0. The summed E-state index contributed by atoms with van der Waals surface area (Å²) in [5.41, 5.74) is 2.81. The van der Waals surface area contributed by atoms with Crippen LogP contribution in [0.3, 0.4) is 0 Å². The largest absolute Gasteiger partial charge is 0.315 e. The molecule has 2 heteroatoms. The van der Waals surface area contributed by atoms with Crippen molar-refractivity contribution in [3.63, 3.8) is 0 Å². The van der Waals surface area contributed by atoms with E-state index in [1.807, 2.05) is 0 Å². The lowest BCUT2D eigenvalue weighted by Gasteiger charge is -2.32. The van der Waals surface area contributed by atoms with E-state index >= 15 is 0 Å². The first kappa shape index (κ1) is 14.5. The zero-order valence-electron chi connectivity index (χ0n) is 12.4. The highest BCUT2D eigenvalue weighted by Gasteiger charge is 2.22. The molecule has 19 heavy (non-hydrogen) atoms. The van der Waals surface area contributed by atoms with Gasteiger partial charge in [0.05, 0.1) is 0 Å². The fourth-order valence-electron chi connectivity index (χ4n) is 3.06. The average Bonchev–Trinajstić information content (AvgIpc) is 2.46. The van der Waals surface area contributed by atoms with Crippen molar-refractivity contribution in [3.8, 4) is 0 Å². The van der Waals surface area contributed by atoms with Crippen LogP contribution in [0.4, 0.5) is 0 Å². The predicted molar refractivity (Wildman–Crippen MR) is 82.6 cm³/mol. The van der Waals surface area contributed by atoms with Crippen LogP contribution in [0.15, 0.2) is 24.3 Å². The summed E-state index contributed by atoms with van der Waals surface area (Å²) in [5, 5.41) is 7.20. The second-order valence-corrected chi connectivity index (χ2v) is 5.83. The highest BCUT2D eigenvalue weighted by molar-refractivity contribution is 5.21. The molecule has 1 aromatic carbocycles. The first-order valence-corrected chi connectivity index (χ1v) is 7.76. The molecule has 0 aromatic heterocycles. The van der Waals surface area contributed by atoms with Crippen LogP contribution in [0.25, 0.3) is 0 Å². The van der Waals surface area contributed by atoms with Crippen molar-refractivity contribution in [1.29, 1.82) is 0 Å². The van der Waals surface area contributed by atoms with Gasteiger partial charge in [0.15, 0.2) is 0 Å². The van der Waals surface area contributed by atoms with Gasteiger partial charge >= 0.3 is 0 Å². The first-order chi connectivity index (χ1) is 9.29. The Morgan fingerprint density at radius 2 is 1.74 bits per heavy atom. The minimum atomic E-state index is 0.674. The Labute approximate surface area is 118 Å². The number of likely N-dealkylation sites (N-methyl/N-ethyl adjacent to an activating group) is 1. The van der Waals surface area contributed by atoms with Crippen LogP contribution >= 0.6 is 0 Å². The first-order valence-electron chi connectivity index (χ1n) is 7.76. The van der Waals surface area contributed by atoms with Gasteiger partial charge in [-0.1, -0.05) is 42.7 Å². The van der Waals surface area contributed by atoms with Gasteiger partial charge in [-0.05, 0) is 51.8 Å². The van der Waals surface area contributed by atoms with Crippen LogP contribution in [0.1, 0.15) is 43.2 Å². The molecule has 1 aliphatic carbocycles. The van der Waals surface area contributed by atoms with Crippen molar-refractivity contribution in [2.75, 3.05) is 13.6 Å². The summed E-state index contributed by atoms with van der Waals surface area (Å²) in [4.78, 5) is 0. The Bertz CT molecular complexity index is 358. The lowest BCUT2D eigenvalue weighted by atomic mass is 9.90. The van der Waals surface area contributed by atoms with Crippen molar-refractivity contribution >= 4 is 0 Å². The molecule has 0 spiro atoms. The smallest absolute Gasteiger partial charge is 0.0221 e. The van der Waals surface area contributed by atoms with Gasteiger partial charge < -0.3 is 10.6 Å². The van der Waals surface area contributed by atoms with Gasteiger partial charge in [-0.25, -0.2) is 0 Å². The van der Waals surface area contributed by atoms with Crippen molar-refractivity contribution in [1.82, 2.24) is 10.6 Å². The van der Waals surface area contributed by atoms with Crippen LogP contribution in [-0.2, 0) is 6.42 Å². The van der Waals surface area contributed by atoms with Gasteiger partial charge in [0, 0.05) is 12.1 Å². The Morgan fingerprint density at radius 3 is 2.42 bits per heavy atom. The zero-order valence-corrected chi connectivity index (χ0v) is 12.4. The fraction of sp³-hybridized carbons (Fsp3) is 0.647. The number of benzene rings is 1. The van der Waals surface area contributed by atoms with Crippen LogP contribution in [-0.4, -0.2) is 25.7 Å². The molecule has 1 aliphatic rings. The van der Waals surface area contributed by atoms with Crippen LogP contribution in [0.2, 0.25) is 0 Å². The SMILES string of the molecule is CNC1CCCCC1NCCCc1ccc(C)cc1. The van der Waals surface area contributed by atoms with Gasteiger partial charge in [0.1, 0.15) is 0 Å². The summed E-state index contributed by atoms with van der Waals surface area (Å²) in [7, 11) is 2.09. The zero-order chi connectivity index (χ0) is 13.5. The van der Waals surface area contributed by atoms with E-state index in [0.29, 0.717) is 12.1 Å². The quantitative estimate of drug-likeness (QED) is 0.768. The van der Waals surface area contributed by atoms with Gasteiger partial charge in [0.25, 0.3) is 0 Å². The fourth-order valence-corrected chi connectivity index (χ4v) is 3.06. The van der Waals surface area contributed by atoms with Gasteiger partial charge in [-0.15, -0.1) is 0 Å². The molecule has 1 fully saturated rings. The molecular formula is C17H28N2. The minimum Gasteiger partial charge on any atom is -0.315 e. The van der Waals surface area contributed by atoms with E-state index in [1.54, 1.807) is 0 Å². The highest BCUT2D eigenvalue weighted by Crippen LogP contribution is 2.18. The number of hydrogen-bond donors (Lipinski definition) is 2. The molecule has 0 saturated heterocycles. The van der Waals surface area contributed by atoms with E-state index < -0.39 is 0 Å². The van der Waals surface area contributed by atoms with Gasteiger partial charge in [-0.2, -0.15) is 0 Å². The molecule has 106 valence electrons. The maximum Gasteiger partial charge on any atom is 0.0221 e. The third-order valence-corrected chi connectivity index (χ3v) is 4.31. The summed E-state index contributed by atoms with van der Waals surface area (Å²) in [5.74, 6) is 0. The number of nitrogens with one attached hydrogen (secondary N) is 2. The third kappa shape index (κ3) is 4.63. The molecule has 0 radical (unpaired) electrons. The van der Waals surface area contributed by atoms with Crippen molar-refractivity contribution < 1.29 is 0 Å². The lowest BCUT2D eigenvalue weighted by Crippen LogP contribution is -2.48. The van der Waals surface area contributed by atoms with E-state index in [-0.39, 0.29) is 0 Å². The second-order valence-electron chi connectivity index (χ2n) is 5.83. The summed E-state index contributed by atoms with van der Waals surface area (Å²) >= 11 is 0. The Kier molecular flexibility index (Phi) is 5.87. The second kappa shape index (κ2) is 7.66. The molecule has 0 amide bonds. The van der Waals surface area contributed by atoms with Crippen LogP contribution < -0.4 is 10.6 Å². The Hall–Kier alpha value is -0.860. The Morgan fingerprint density at radius 1 is 1.05 bits per heavy atom. The van der Waals surface area contributed by atoms with Crippen LogP contribution in [0, 0.1) is 6.92 Å². The van der Waals surface area contributed by atoms with Gasteiger partial charge in [0.2, 0.25) is 0 Å². The van der Waals surface area contributed by atoms with Crippen molar-refractivity contribution in [3.05, 3.63) is 35.4 Å². The van der Waals surface area contributed by atoms with E-state index in [2.05, 4.69) is 48.9 Å². The summed E-state index contributed by atoms with van der Waals surface area (Å²) in [6.45, 7) is 3.28. The molecule has 2 N–H and O–H groups in total. The van der Waals surface area contributed by atoms with E-state index in [9.17, 15) is 0 Å². The minimum absolute atomic E-state index is 0.674. The van der Waals surface area contributed by atoms with Crippen molar-refractivity contribution in [2.24, 2.45) is 0 Å². The topological polar surface area (TPSA) is 24.1 Å². The van der Waals surface area contributed by atoms with E-state index in [1.165, 1.54) is 49.7 Å². The van der Waals surface area contributed by atoms with E-state index in [4.69, 9.17) is 0 Å². The normalized spacial score (nSPS) is 23.5. The molecule has 2 atom stereocenters. The maximum atomic E-state index is 3.74. The Balaban J connectivity index is 1.67. The molecule has 1 saturated carbocycles. The molecular weight excluding hydrogens is 232 g/mol. The van der Waals surface area contributed by atoms with Gasteiger partial charge in [-0.3, -0.25) is 0 Å². The van der Waals surface area contributed by atoms with Crippen LogP contribution in [0.5, 0.6) is 0 Å². The lowest BCUT2D eigenvalue weighted by molar-refractivity contribution is 0.295. The number of hydrogen-bond acceptors (Lipinski definition) is 2. The standard InChI is InChI=1S/C17H28N2/c1-14-9-11-15(12-10-14)6-5-13-19-17-8-4-3-7-16(17)18-2/h9-12,16-19H,3-8,13H2,1-2H3. The molecule has 2 nitrogen and oxygen atoms in total. The number of aryl methyl sites for hydroxylation is 2. The summed E-state index contributed by atoms with van der Waals surface area (Å²) in [6.07, 6.45) is 7.84. The predicted octanol–water partition coefficient (Wildman–Crippen LogP) is 3.05. The van der Waals surface area contributed by atoms with E-state index in [0.717, 1.165) is 6.54 Å². The molecule has 2 unspecified atom stereocenters. The molecule has 0 bridgehead atoms. The molecule has 0 aliphatic heterocycles. The monoisotopic (exact) mass is 260 g/mol.